The van der Waals surface area contributed by atoms with Gasteiger partial charge < -0.3 is 14.6 Å². The lowest BCUT2D eigenvalue weighted by Crippen LogP contribution is -2.04. The van der Waals surface area contributed by atoms with Gasteiger partial charge in [0.05, 0.1) is 13.2 Å². The molecule has 2 rings (SSSR count). The molecule has 0 amide bonds. The first-order chi connectivity index (χ1) is 9.76. The molecule has 1 atom stereocenters. The third-order valence-corrected chi connectivity index (χ3v) is 3.02. The van der Waals surface area contributed by atoms with E-state index in [1.807, 2.05) is 62.4 Å². The first-order valence-electron chi connectivity index (χ1n) is 6.88. The van der Waals surface area contributed by atoms with Gasteiger partial charge in [-0.25, -0.2) is 0 Å². The molecule has 106 valence electrons. The summed E-state index contributed by atoms with van der Waals surface area (Å²) in [5, 5.41) is 10.5. The van der Waals surface area contributed by atoms with Crippen LogP contribution in [-0.4, -0.2) is 18.3 Å². The topological polar surface area (TPSA) is 38.7 Å². The molecule has 0 fully saturated rings. The fourth-order valence-corrected chi connectivity index (χ4v) is 2.09. The van der Waals surface area contributed by atoms with Crippen molar-refractivity contribution in [3.63, 3.8) is 0 Å². The van der Waals surface area contributed by atoms with Crippen LogP contribution in [0.15, 0.2) is 48.5 Å². The van der Waals surface area contributed by atoms with E-state index in [1.54, 1.807) is 0 Å². The van der Waals surface area contributed by atoms with Gasteiger partial charge in [-0.1, -0.05) is 30.3 Å². The van der Waals surface area contributed by atoms with Crippen LogP contribution in [-0.2, 0) is 0 Å². The highest BCUT2D eigenvalue weighted by molar-refractivity contribution is 5.41. The summed E-state index contributed by atoms with van der Waals surface area (Å²) in [6, 6.07) is 15.0. The molecule has 0 aliphatic rings. The van der Waals surface area contributed by atoms with E-state index in [2.05, 4.69) is 0 Å². The van der Waals surface area contributed by atoms with Crippen molar-refractivity contribution in [3.05, 3.63) is 59.7 Å². The third-order valence-electron chi connectivity index (χ3n) is 3.02. The highest BCUT2D eigenvalue weighted by Crippen LogP contribution is 2.30. The fourth-order valence-electron chi connectivity index (χ4n) is 2.09. The van der Waals surface area contributed by atoms with E-state index in [0.717, 1.165) is 22.6 Å². The number of hydrogen-bond donors (Lipinski definition) is 1. The van der Waals surface area contributed by atoms with Crippen molar-refractivity contribution in [2.24, 2.45) is 0 Å². The summed E-state index contributed by atoms with van der Waals surface area (Å²) >= 11 is 0. The van der Waals surface area contributed by atoms with Gasteiger partial charge in [-0.05, 0) is 37.6 Å². The maximum Gasteiger partial charge on any atom is 0.125 e. The second-order valence-electron chi connectivity index (χ2n) is 4.38. The fraction of sp³-hybridized carbons (Fsp3) is 0.294. The SMILES string of the molecule is CCOc1ccc(C(O)c2ccccc2OCC)cc1. The Labute approximate surface area is 119 Å². The number of hydrogen-bond acceptors (Lipinski definition) is 3. The lowest BCUT2D eigenvalue weighted by molar-refractivity contribution is 0.212. The third kappa shape index (κ3) is 3.31. The predicted molar refractivity (Wildman–Crippen MR) is 79.3 cm³/mol. The number of aliphatic hydroxyl groups excluding tert-OH is 1. The predicted octanol–water partition coefficient (Wildman–Crippen LogP) is 3.57. The summed E-state index contributed by atoms with van der Waals surface area (Å²) in [6.07, 6.45) is -0.701. The minimum atomic E-state index is -0.701. The van der Waals surface area contributed by atoms with Crippen LogP contribution in [0.5, 0.6) is 11.5 Å². The zero-order chi connectivity index (χ0) is 14.4. The minimum absolute atomic E-state index is 0.576. The van der Waals surface area contributed by atoms with Crippen molar-refractivity contribution in [3.8, 4) is 11.5 Å². The molecule has 2 aromatic carbocycles. The zero-order valence-corrected chi connectivity index (χ0v) is 11.9. The molecule has 0 radical (unpaired) electrons. The van der Waals surface area contributed by atoms with Gasteiger partial charge in [0, 0.05) is 5.56 Å². The molecule has 1 unspecified atom stereocenters. The van der Waals surface area contributed by atoms with Crippen LogP contribution in [0.2, 0.25) is 0 Å². The van der Waals surface area contributed by atoms with E-state index < -0.39 is 6.10 Å². The standard InChI is InChI=1S/C17H20O3/c1-3-19-14-11-9-13(10-12-14)17(18)15-7-5-6-8-16(15)20-4-2/h5-12,17-18H,3-4H2,1-2H3. The van der Waals surface area contributed by atoms with E-state index in [1.165, 1.54) is 0 Å². The maximum absolute atomic E-state index is 10.5. The highest BCUT2D eigenvalue weighted by Gasteiger charge is 2.15. The van der Waals surface area contributed by atoms with Crippen LogP contribution >= 0.6 is 0 Å². The summed E-state index contributed by atoms with van der Waals surface area (Å²) in [6.45, 7) is 5.09. The molecule has 0 aliphatic heterocycles. The van der Waals surface area contributed by atoms with Crippen molar-refractivity contribution < 1.29 is 14.6 Å². The molecule has 0 aromatic heterocycles. The van der Waals surface area contributed by atoms with Crippen LogP contribution in [0.1, 0.15) is 31.1 Å². The van der Waals surface area contributed by atoms with Gasteiger partial charge in [0.2, 0.25) is 0 Å². The monoisotopic (exact) mass is 272 g/mol. The Balaban J connectivity index is 2.24. The maximum atomic E-state index is 10.5. The summed E-state index contributed by atoms with van der Waals surface area (Å²) in [7, 11) is 0. The molecule has 20 heavy (non-hydrogen) atoms. The molecule has 0 spiro atoms. The van der Waals surface area contributed by atoms with Gasteiger partial charge in [0.1, 0.15) is 17.6 Å². The Morgan fingerprint density at radius 1 is 0.900 bits per heavy atom. The molecule has 0 aliphatic carbocycles. The van der Waals surface area contributed by atoms with Crippen molar-refractivity contribution in [1.29, 1.82) is 0 Å². The lowest BCUT2D eigenvalue weighted by Gasteiger charge is -2.16. The van der Waals surface area contributed by atoms with Crippen molar-refractivity contribution >= 4 is 0 Å². The molecule has 0 saturated heterocycles. The molecular formula is C17H20O3. The molecule has 3 heteroatoms. The molecule has 3 nitrogen and oxygen atoms in total. The molecular weight excluding hydrogens is 252 g/mol. The first-order valence-corrected chi connectivity index (χ1v) is 6.88. The van der Waals surface area contributed by atoms with Crippen LogP contribution in [0, 0.1) is 0 Å². The van der Waals surface area contributed by atoms with Gasteiger partial charge in [0.15, 0.2) is 0 Å². The van der Waals surface area contributed by atoms with Crippen LogP contribution in [0.25, 0.3) is 0 Å². The number of para-hydroxylation sites is 1. The Bertz CT molecular complexity index is 534. The van der Waals surface area contributed by atoms with Gasteiger partial charge in [-0.2, -0.15) is 0 Å². The molecule has 1 N–H and O–H groups in total. The Morgan fingerprint density at radius 2 is 1.55 bits per heavy atom. The number of ether oxygens (including phenoxy) is 2. The number of benzene rings is 2. The Kier molecular flexibility index (Phi) is 5.02. The van der Waals surface area contributed by atoms with Crippen LogP contribution in [0.3, 0.4) is 0 Å². The van der Waals surface area contributed by atoms with Gasteiger partial charge in [0.25, 0.3) is 0 Å². The molecule has 0 saturated carbocycles. The van der Waals surface area contributed by atoms with Crippen LogP contribution < -0.4 is 9.47 Å². The van der Waals surface area contributed by atoms with Gasteiger partial charge in [-0.3, -0.25) is 0 Å². The number of rotatable bonds is 6. The van der Waals surface area contributed by atoms with Crippen molar-refractivity contribution in [1.82, 2.24) is 0 Å². The second-order valence-corrected chi connectivity index (χ2v) is 4.38. The van der Waals surface area contributed by atoms with Crippen molar-refractivity contribution in [2.45, 2.75) is 20.0 Å². The smallest absolute Gasteiger partial charge is 0.125 e. The Hall–Kier alpha value is -2.00. The summed E-state index contributed by atoms with van der Waals surface area (Å²) in [4.78, 5) is 0. The van der Waals surface area contributed by atoms with E-state index >= 15 is 0 Å². The second kappa shape index (κ2) is 6.96. The van der Waals surface area contributed by atoms with Crippen LogP contribution in [0.4, 0.5) is 0 Å². The average molecular weight is 272 g/mol. The Morgan fingerprint density at radius 3 is 2.20 bits per heavy atom. The molecule has 0 bridgehead atoms. The summed E-state index contributed by atoms with van der Waals surface area (Å²) < 4.78 is 11.0. The van der Waals surface area contributed by atoms with Gasteiger partial charge in [-0.15, -0.1) is 0 Å². The minimum Gasteiger partial charge on any atom is -0.494 e. The van der Waals surface area contributed by atoms with Gasteiger partial charge >= 0.3 is 0 Å². The molecule has 2 aromatic rings. The average Bonchev–Trinajstić information content (AvgIpc) is 2.49. The quantitative estimate of drug-likeness (QED) is 0.873. The largest absolute Gasteiger partial charge is 0.494 e. The summed E-state index contributed by atoms with van der Waals surface area (Å²) in [5.41, 5.74) is 1.60. The summed E-state index contributed by atoms with van der Waals surface area (Å²) in [5.74, 6) is 1.53. The lowest BCUT2D eigenvalue weighted by atomic mass is 10.0. The van der Waals surface area contributed by atoms with E-state index in [-0.39, 0.29) is 0 Å². The zero-order valence-electron chi connectivity index (χ0n) is 11.9. The highest BCUT2D eigenvalue weighted by atomic mass is 16.5. The molecule has 0 heterocycles. The van der Waals surface area contributed by atoms with E-state index in [0.29, 0.717) is 13.2 Å². The first kappa shape index (κ1) is 14.4. The van der Waals surface area contributed by atoms with E-state index in [4.69, 9.17) is 9.47 Å². The van der Waals surface area contributed by atoms with Crippen molar-refractivity contribution in [2.75, 3.05) is 13.2 Å². The normalized spacial score (nSPS) is 11.9. The van der Waals surface area contributed by atoms with E-state index in [9.17, 15) is 5.11 Å². The number of aliphatic hydroxyl groups is 1.